The number of ether oxygens (including phenoxy) is 1. The van der Waals surface area contributed by atoms with Crippen molar-refractivity contribution in [3.05, 3.63) is 89.5 Å². The fraction of sp³-hybridized carbons (Fsp3) is 0.310. The van der Waals surface area contributed by atoms with Crippen molar-refractivity contribution in [2.24, 2.45) is 0 Å². The zero-order valence-corrected chi connectivity index (χ0v) is 18.8. The lowest BCUT2D eigenvalue weighted by atomic mass is 10.0. The number of nitrogens with zero attached hydrogens (tertiary/aromatic N) is 1. The number of hydrogen-bond acceptors (Lipinski definition) is 3. The van der Waals surface area contributed by atoms with Crippen LogP contribution in [-0.4, -0.2) is 5.97 Å². The van der Waals surface area contributed by atoms with Gasteiger partial charge >= 0.3 is 5.97 Å². The van der Waals surface area contributed by atoms with Gasteiger partial charge in [-0.3, -0.25) is 0 Å². The van der Waals surface area contributed by atoms with Crippen LogP contribution in [0.3, 0.4) is 0 Å². The van der Waals surface area contributed by atoms with E-state index in [2.05, 4.69) is 13.0 Å². The predicted octanol–water partition coefficient (Wildman–Crippen LogP) is 7.74. The van der Waals surface area contributed by atoms with Gasteiger partial charge in [-0.05, 0) is 65.9 Å². The number of benzene rings is 3. The van der Waals surface area contributed by atoms with E-state index in [4.69, 9.17) is 10.00 Å². The van der Waals surface area contributed by atoms with Crippen molar-refractivity contribution in [3.63, 3.8) is 0 Å². The zero-order valence-electron chi connectivity index (χ0n) is 18.8. The first-order valence-electron chi connectivity index (χ1n) is 11.6. The monoisotopic (exact) mass is 425 g/mol. The summed E-state index contributed by atoms with van der Waals surface area (Å²) in [5.41, 5.74) is 4.47. The molecule has 0 fully saturated rings. The maximum absolute atomic E-state index is 12.5. The van der Waals surface area contributed by atoms with Crippen molar-refractivity contribution in [2.45, 2.75) is 58.3 Å². The molecular weight excluding hydrogens is 394 g/mol. The van der Waals surface area contributed by atoms with Gasteiger partial charge in [-0.1, -0.05) is 81.8 Å². The van der Waals surface area contributed by atoms with E-state index >= 15 is 0 Å². The molecule has 0 aromatic heterocycles. The summed E-state index contributed by atoms with van der Waals surface area (Å²) in [4.78, 5) is 12.5. The molecule has 0 aliphatic rings. The highest BCUT2D eigenvalue weighted by Crippen LogP contribution is 2.23. The Morgan fingerprint density at radius 2 is 1.31 bits per heavy atom. The number of nitriles is 1. The molecule has 0 aliphatic heterocycles. The third kappa shape index (κ3) is 7.10. The zero-order chi connectivity index (χ0) is 22.6. The van der Waals surface area contributed by atoms with Crippen LogP contribution in [0, 0.1) is 11.3 Å². The van der Waals surface area contributed by atoms with E-state index in [-0.39, 0.29) is 5.97 Å². The minimum atomic E-state index is -0.349. The first kappa shape index (κ1) is 23.3. The van der Waals surface area contributed by atoms with E-state index in [0.717, 1.165) is 17.5 Å². The molecule has 0 spiro atoms. The molecular formula is C29H31NO2. The average molecular weight is 426 g/mol. The molecule has 164 valence electrons. The van der Waals surface area contributed by atoms with E-state index in [1.165, 1.54) is 50.5 Å². The minimum absolute atomic E-state index is 0.349. The summed E-state index contributed by atoms with van der Waals surface area (Å²) >= 11 is 0. The van der Waals surface area contributed by atoms with Gasteiger partial charge in [-0.15, -0.1) is 0 Å². The Labute approximate surface area is 191 Å². The smallest absolute Gasteiger partial charge is 0.343 e. The summed E-state index contributed by atoms with van der Waals surface area (Å²) in [6.45, 7) is 2.24. The van der Waals surface area contributed by atoms with Crippen LogP contribution >= 0.6 is 0 Å². The van der Waals surface area contributed by atoms with Crippen LogP contribution < -0.4 is 4.74 Å². The third-order valence-electron chi connectivity index (χ3n) is 5.67. The highest BCUT2D eigenvalue weighted by molar-refractivity contribution is 5.91. The largest absolute Gasteiger partial charge is 0.423 e. The Bertz CT molecular complexity index is 1010. The Hall–Kier alpha value is -3.38. The second-order valence-corrected chi connectivity index (χ2v) is 8.17. The molecule has 3 rings (SSSR count). The first-order chi connectivity index (χ1) is 15.7. The molecule has 0 bridgehead atoms. The fourth-order valence-corrected chi connectivity index (χ4v) is 3.71. The van der Waals surface area contributed by atoms with Crippen LogP contribution in [0.15, 0.2) is 72.8 Å². The summed E-state index contributed by atoms with van der Waals surface area (Å²) < 4.78 is 5.53. The lowest BCUT2D eigenvalue weighted by molar-refractivity contribution is 0.0735. The predicted molar refractivity (Wildman–Crippen MR) is 130 cm³/mol. The molecule has 0 amide bonds. The van der Waals surface area contributed by atoms with Crippen molar-refractivity contribution in [1.82, 2.24) is 0 Å². The lowest BCUT2D eigenvalue weighted by Crippen LogP contribution is -2.08. The van der Waals surface area contributed by atoms with Crippen LogP contribution in [0.1, 0.15) is 73.4 Å². The van der Waals surface area contributed by atoms with Crippen molar-refractivity contribution in [2.75, 3.05) is 0 Å². The van der Waals surface area contributed by atoms with Gasteiger partial charge in [0.1, 0.15) is 5.75 Å². The van der Waals surface area contributed by atoms with Gasteiger partial charge in [0, 0.05) is 0 Å². The number of rotatable bonds is 11. The molecule has 0 radical (unpaired) electrons. The maximum Gasteiger partial charge on any atom is 0.343 e. The highest BCUT2D eigenvalue weighted by atomic mass is 16.5. The number of hydrogen-bond donors (Lipinski definition) is 0. The van der Waals surface area contributed by atoms with Gasteiger partial charge in [0.15, 0.2) is 0 Å². The SMILES string of the molecule is CCCCCCCCCc1ccc(C(=O)Oc2ccc(-c3ccc(C#N)cc3)cc2)cc1. The van der Waals surface area contributed by atoms with E-state index < -0.39 is 0 Å². The Kier molecular flexibility index (Phi) is 9.07. The maximum atomic E-state index is 12.5. The van der Waals surface area contributed by atoms with E-state index in [9.17, 15) is 4.79 Å². The number of carbonyl (C=O) groups is 1. The standard InChI is InChI=1S/C29H31NO2/c1-2-3-4-5-6-7-8-9-23-10-16-27(17-11-23)29(31)32-28-20-18-26(19-21-28)25-14-12-24(22-30)13-15-25/h10-21H,2-9H2,1H3. The van der Waals surface area contributed by atoms with Crippen LogP contribution in [0.25, 0.3) is 11.1 Å². The summed E-state index contributed by atoms with van der Waals surface area (Å²) in [6.07, 6.45) is 10.2. The molecule has 0 aliphatic carbocycles. The van der Waals surface area contributed by atoms with Crippen molar-refractivity contribution >= 4 is 5.97 Å². The topological polar surface area (TPSA) is 50.1 Å². The van der Waals surface area contributed by atoms with E-state index in [1.54, 1.807) is 24.3 Å². The number of esters is 1. The van der Waals surface area contributed by atoms with Gasteiger partial charge < -0.3 is 4.74 Å². The van der Waals surface area contributed by atoms with Gasteiger partial charge in [-0.25, -0.2) is 4.79 Å². The molecule has 32 heavy (non-hydrogen) atoms. The number of aryl methyl sites for hydroxylation is 1. The van der Waals surface area contributed by atoms with Crippen molar-refractivity contribution in [3.8, 4) is 22.9 Å². The van der Waals surface area contributed by atoms with Crippen molar-refractivity contribution < 1.29 is 9.53 Å². The molecule has 3 heteroatoms. The Morgan fingerprint density at radius 1 is 0.750 bits per heavy atom. The third-order valence-corrected chi connectivity index (χ3v) is 5.67. The van der Waals surface area contributed by atoms with Gasteiger partial charge in [0.25, 0.3) is 0 Å². The van der Waals surface area contributed by atoms with E-state index in [0.29, 0.717) is 16.9 Å². The number of unbranched alkanes of at least 4 members (excludes halogenated alkanes) is 6. The Balaban J connectivity index is 1.47. The minimum Gasteiger partial charge on any atom is -0.423 e. The average Bonchev–Trinajstić information content (AvgIpc) is 2.84. The molecule has 0 N–H and O–H groups in total. The molecule has 0 saturated heterocycles. The van der Waals surface area contributed by atoms with E-state index in [1.807, 2.05) is 48.5 Å². The quantitative estimate of drug-likeness (QED) is 0.179. The lowest BCUT2D eigenvalue weighted by Gasteiger charge is -2.07. The normalized spacial score (nSPS) is 10.5. The summed E-state index contributed by atoms with van der Waals surface area (Å²) in [7, 11) is 0. The second kappa shape index (κ2) is 12.5. The van der Waals surface area contributed by atoms with Gasteiger partial charge in [0.05, 0.1) is 17.2 Å². The highest BCUT2D eigenvalue weighted by Gasteiger charge is 2.09. The molecule has 0 heterocycles. The van der Waals surface area contributed by atoms with Crippen LogP contribution in [0.2, 0.25) is 0 Å². The summed E-state index contributed by atoms with van der Waals surface area (Å²) in [5, 5.41) is 8.91. The molecule has 3 nitrogen and oxygen atoms in total. The van der Waals surface area contributed by atoms with Gasteiger partial charge in [0.2, 0.25) is 0 Å². The van der Waals surface area contributed by atoms with Crippen LogP contribution in [0.5, 0.6) is 5.75 Å². The molecule has 0 atom stereocenters. The van der Waals surface area contributed by atoms with Gasteiger partial charge in [-0.2, -0.15) is 5.26 Å². The Morgan fingerprint density at radius 3 is 1.91 bits per heavy atom. The second-order valence-electron chi connectivity index (χ2n) is 8.17. The van der Waals surface area contributed by atoms with Crippen LogP contribution in [-0.2, 0) is 6.42 Å². The molecule has 3 aromatic carbocycles. The number of carbonyl (C=O) groups excluding carboxylic acids is 1. The molecule has 3 aromatic rings. The summed E-state index contributed by atoms with van der Waals surface area (Å²) in [6, 6.07) is 24.7. The molecule has 0 unspecified atom stereocenters. The first-order valence-corrected chi connectivity index (χ1v) is 11.6. The summed E-state index contributed by atoms with van der Waals surface area (Å²) in [5.74, 6) is 0.165. The fourth-order valence-electron chi connectivity index (χ4n) is 3.71. The molecule has 0 saturated carbocycles. The van der Waals surface area contributed by atoms with Crippen LogP contribution in [0.4, 0.5) is 0 Å². The van der Waals surface area contributed by atoms with Crippen molar-refractivity contribution in [1.29, 1.82) is 5.26 Å².